The monoisotopic (exact) mass is 440 g/mol. The quantitative estimate of drug-likeness (QED) is 0.230. The van der Waals surface area contributed by atoms with Gasteiger partial charge < -0.3 is 21.3 Å². The molecule has 0 rings (SSSR count). The first-order chi connectivity index (χ1) is 14.6. The van der Waals surface area contributed by atoms with E-state index >= 15 is 0 Å². The zero-order valence-corrected chi connectivity index (χ0v) is 19.6. The van der Waals surface area contributed by atoms with E-state index in [4.69, 9.17) is 0 Å². The summed E-state index contributed by atoms with van der Waals surface area (Å²) in [7, 11) is 3.55. The standard InChI is InChI=1S/C22H40N4O5/c1-15(27)10-18(8-6-7-9-23-4)25-22(31)14-20(12-17(3)29)26-21(30)13-19(24-5)11-16(2)28/h18-20,23-24H,6-14H2,1-5H3,(H,25,31)(H,26,30). The zero-order valence-electron chi connectivity index (χ0n) is 19.6. The van der Waals surface area contributed by atoms with Crippen molar-refractivity contribution in [3.63, 3.8) is 0 Å². The van der Waals surface area contributed by atoms with Crippen LogP contribution >= 0.6 is 0 Å². The lowest BCUT2D eigenvalue weighted by atomic mass is 10.0. The number of amides is 2. The van der Waals surface area contributed by atoms with Gasteiger partial charge in [0, 0.05) is 50.2 Å². The molecule has 3 unspecified atom stereocenters. The molecule has 0 aliphatic carbocycles. The molecular formula is C22H40N4O5. The molecule has 0 saturated carbocycles. The molecule has 9 nitrogen and oxygen atoms in total. The van der Waals surface area contributed by atoms with E-state index in [2.05, 4.69) is 21.3 Å². The van der Waals surface area contributed by atoms with Crippen LogP contribution in [-0.4, -0.2) is 67.9 Å². The molecule has 0 aliphatic heterocycles. The number of rotatable bonds is 18. The molecule has 31 heavy (non-hydrogen) atoms. The molecule has 4 N–H and O–H groups in total. The summed E-state index contributed by atoms with van der Waals surface area (Å²) >= 11 is 0. The van der Waals surface area contributed by atoms with Crippen LogP contribution < -0.4 is 21.3 Å². The lowest BCUT2D eigenvalue weighted by molar-refractivity contribution is -0.124. The molecule has 0 aliphatic rings. The van der Waals surface area contributed by atoms with Crippen molar-refractivity contribution in [2.75, 3.05) is 20.6 Å². The summed E-state index contributed by atoms with van der Waals surface area (Å²) in [6.45, 7) is 5.22. The molecule has 0 fully saturated rings. The zero-order chi connectivity index (χ0) is 23.8. The van der Waals surface area contributed by atoms with E-state index in [0.717, 1.165) is 19.4 Å². The van der Waals surface area contributed by atoms with E-state index in [1.54, 1.807) is 7.05 Å². The van der Waals surface area contributed by atoms with Gasteiger partial charge in [0.1, 0.15) is 17.3 Å². The largest absolute Gasteiger partial charge is 0.353 e. The van der Waals surface area contributed by atoms with Gasteiger partial charge in [-0.1, -0.05) is 6.42 Å². The molecule has 0 aromatic heterocycles. The maximum Gasteiger partial charge on any atom is 0.222 e. The van der Waals surface area contributed by atoms with Crippen LogP contribution in [0.4, 0.5) is 0 Å². The number of ketones is 3. The molecule has 3 atom stereocenters. The van der Waals surface area contributed by atoms with Crippen LogP contribution in [0.3, 0.4) is 0 Å². The number of carbonyl (C=O) groups excluding carboxylic acids is 5. The smallest absolute Gasteiger partial charge is 0.222 e. The van der Waals surface area contributed by atoms with Gasteiger partial charge in [0.05, 0.1) is 0 Å². The fourth-order valence-electron chi connectivity index (χ4n) is 3.43. The second kappa shape index (κ2) is 16.5. The highest BCUT2D eigenvalue weighted by Crippen LogP contribution is 2.08. The van der Waals surface area contributed by atoms with E-state index in [1.807, 2.05) is 7.05 Å². The van der Waals surface area contributed by atoms with Crippen LogP contribution in [0.15, 0.2) is 0 Å². The topological polar surface area (TPSA) is 133 Å². The first-order valence-corrected chi connectivity index (χ1v) is 11.0. The molecule has 0 aromatic carbocycles. The maximum absolute atomic E-state index is 12.6. The minimum absolute atomic E-state index is 0.00363. The molecule has 178 valence electrons. The Morgan fingerprint density at radius 3 is 1.55 bits per heavy atom. The Labute approximate surface area is 185 Å². The number of hydrogen-bond donors (Lipinski definition) is 4. The molecule has 0 spiro atoms. The van der Waals surface area contributed by atoms with Gasteiger partial charge in [-0.15, -0.1) is 0 Å². The first-order valence-electron chi connectivity index (χ1n) is 11.0. The predicted octanol–water partition coefficient (Wildman–Crippen LogP) is 0.651. The predicted molar refractivity (Wildman–Crippen MR) is 120 cm³/mol. The number of carbonyl (C=O) groups is 5. The Morgan fingerprint density at radius 1 is 0.613 bits per heavy atom. The number of unbranched alkanes of at least 4 members (excludes halogenated alkanes) is 1. The van der Waals surface area contributed by atoms with Crippen molar-refractivity contribution in [2.45, 2.75) is 90.3 Å². The average molecular weight is 441 g/mol. The van der Waals surface area contributed by atoms with Crippen LogP contribution in [0.2, 0.25) is 0 Å². The molecule has 0 aromatic rings. The van der Waals surface area contributed by atoms with Gasteiger partial charge in [-0.25, -0.2) is 0 Å². The van der Waals surface area contributed by atoms with Crippen molar-refractivity contribution in [1.82, 2.24) is 21.3 Å². The highest BCUT2D eigenvalue weighted by molar-refractivity contribution is 5.84. The van der Waals surface area contributed by atoms with Crippen molar-refractivity contribution in [1.29, 1.82) is 0 Å². The maximum atomic E-state index is 12.6. The first kappa shape index (κ1) is 28.9. The van der Waals surface area contributed by atoms with E-state index in [9.17, 15) is 24.0 Å². The van der Waals surface area contributed by atoms with Crippen molar-refractivity contribution in [3.8, 4) is 0 Å². The van der Waals surface area contributed by atoms with Gasteiger partial charge >= 0.3 is 0 Å². The fraction of sp³-hybridized carbons (Fsp3) is 0.773. The van der Waals surface area contributed by atoms with E-state index < -0.39 is 6.04 Å². The van der Waals surface area contributed by atoms with Crippen molar-refractivity contribution >= 4 is 29.2 Å². The van der Waals surface area contributed by atoms with E-state index in [0.29, 0.717) is 6.42 Å². The van der Waals surface area contributed by atoms with Crippen molar-refractivity contribution in [3.05, 3.63) is 0 Å². The summed E-state index contributed by atoms with van der Waals surface area (Å²) < 4.78 is 0. The normalized spacial score (nSPS) is 13.7. The van der Waals surface area contributed by atoms with Gasteiger partial charge in [-0.2, -0.15) is 0 Å². The third-order valence-corrected chi connectivity index (χ3v) is 4.83. The highest BCUT2D eigenvalue weighted by Gasteiger charge is 2.22. The van der Waals surface area contributed by atoms with Gasteiger partial charge in [-0.3, -0.25) is 24.0 Å². The SMILES string of the molecule is CNCCCCC(CC(C)=O)NC(=O)CC(CC(C)=O)NC(=O)CC(CC(C)=O)NC. The fourth-order valence-corrected chi connectivity index (χ4v) is 3.43. The molecule has 9 heteroatoms. The van der Waals surface area contributed by atoms with Gasteiger partial charge in [0.2, 0.25) is 11.8 Å². The van der Waals surface area contributed by atoms with E-state index in [-0.39, 0.29) is 73.4 Å². The van der Waals surface area contributed by atoms with Gasteiger partial charge in [0.15, 0.2) is 0 Å². The lowest BCUT2D eigenvalue weighted by Gasteiger charge is -2.22. The summed E-state index contributed by atoms with van der Waals surface area (Å²) in [5.74, 6) is -0.805. The number of Topliss-reactive ketones (excluding diaryl/α,β-unsaturated/α-hetero) is 3. The third-order valence-electron chi connectivity index (χ3n) is 4.83. The van der Waals surface area contributed by atoms with Gasteiger partial charge in [-0.05, 0) is 54.3 Å². The van der Waals surface area contributed by atoms with Crippen LogP contribution in [0.1, 0.15) is 72.1 Å². The Morgan fingerprint density at radius 2 is 1.06 bits per heavy atom. The molecule has 0 saturated heterocycles. The number of nitrogens with one attached hydrogen (secondary N) is 4. The molecular weight excluding hydrogens is 400 g/mol. The van der Waals surface area contributed by atoms with E-state index in [1.165, 1.54) is 20.8 Å². The Kier molecular flexibility index (Phi) is 15.4. The lowest BCUT2D eigenvalue weighted by Crippen LogP contribution is -2.44. The summed E-state index contributed by atoms with van der Waals surface area (Å²) in [6, 6.07) is -1.20. The Bertz CT molecular complexity index is 609. The molecule has 2 amide bonds. The Hall–Kier alpha value is -2.13. The van der Waals surface area contributed by atoms with Crippen molar-refractivity contribution < 1.29 is 24.0 Å². The van der Waals surface area contributed by atoms with Crippen molar-refractivity contribution in [2.24, 2.45) is 0 Å². The van der Waals surface area contributed by atoms with Crippen LogP contribution in [0.25, 0.3) is 0 Å². The summed E-state index contributed by atoms with van der Waals surface area (Å²) in [5, 5.41) is 11.6. The second-order valence-electron chi connectivity index (χ2n) is 8.24. The average Bonchev–Trinajstić information content (AvgIpc) is 2.62. The van der Waals surface area contributed by atoms with Crippen LogP contribution in [-0.2, 0) is 24.0 Å². The highest BCUT2D eigenvalue weighted by atomic mass is 16.2. The third kappa shape index (κ3) is 16.3. The minimum atomic E-state index is -0.637. The molecule has 0 bridgehead atoms. The van der Waals surface area contributed by atoms with Crippen LogP contribution in [0, 0.1) is 0 Å². The van der Waals surface area contributed by atoms with Crippen LogP contribution in [0.5, 0.6) is 0 Å². The summed E-state index contributed by atoms with van der Waals surface area (Å²) in [6.07, 6.45) is 3.04. The molecule has 0 radical (unpaired) electrons. The number of hydrogen-bond acceptors (Lipinski definition) is 7. The Balaban J connectivity index is 4.88. The molecule has 0 heterocycles. The van der Waals surface area contributed by atoms with Gasteiger partial charge in [0.25, 0.3) is 0 Å². The minimum Gasteiger partial charge on any atom is -0.353 e. The second-order valence-corrected chi connectivity index (χ2v) is 8.24. The summed E-state index contributed by atoms with van der Waals surface area (Å²) in [4.78, 5) is 59.4. The summed E-state index contributed by atoms with van der Waals surface area (Å²) in [5.41, 5.74) is 0.